The Bertz CT molecular complexity index is 626. The first-order valence-corrected chi connectivity index (χ1v) is 8.52. The molecule has 6 nitrogen and oxygen atoms in total. The van der Waals surface area contributed by atoms with E-state index in [4.69, 9.17) is 0 Å². The van der Waals surface area contributed by atoms with Gasteiger partial charge in [0.25, 0.3) is 5.91 Å². The number of rotatable bonds is 3. The average molecular weight is 314 g/mol. The van der Waals surface area contributed by atoms with E-state index >= 15 is 0 Å². The number of amides is 2. The van der Waals surface area contributed by atoms with Gasteiger partial charge < -0.3 is 9.80 Å². The van der Waals surface area contributed by atoms with Gasteiger partial charge in [0.05, 0.1) is 24.0 Å². The number of likely N-dealkylation sites (tertiary alicyclic amines) is 2. The van der Waals surface area contributed by atoms with Gasteiger partial charge in [-0.1, -0.05) is 0 Å². The summed E-state index contributed by atoms with van der Waals surface area (Å²) >= 11 is 0. The van der Waals surface area contributed by atoms with Crippen LogP contribution >= 0.6 is 0 Å². The standard InChI is InChI=1S/C17H22N4O2/c1-11-8-19-13(9-18-11)17(23)20-7-6-15-14(20)4-5-16(22)21(15)10-12-2-3-12/h8-9,12,14-15H,2-7,10H2,1H3/t14-,15-/m0/s1. The first-order chi connectivity index (χ1) is 11.1. The van der Waals surface area contributed by atoms with E-state index in [2.05, 4.69) is 14.9 Å². The summed E-state index contributed by atoms with van der Waals surface area (Å²) in [6.07, 6.45) is 7.87. The molecule has 1 aliphatic carbocycles. The maximum atomic E-state index is 12.8. The van der Waals surface area contributed by atoms with Gasteiger partial charge in [0.15, 0.2) is 0 Å². The summed E-state index contributed by atoms with van der Waals surface area (Å²) in [4.78, 5) is 37.4. The smallest absolute Gasteiger partial charge is 0.274 e. The van der Waals surface area contributed by atoms with E-state index in [1.807, 2.05) is 11.8 Å². The number of hydrogen-bond donors (Lipinski definition) is 0. The summed E-state index contributed by atoms with van der Waals surface area (Å²) in [6, 6.07) is 0.335. The molecule has 2 amide bonds. The van der Waals surface area contributed by atoms with Crippen molar-refractivity contribution < 1.29 is 9.59 Å². The molecule has 0 bridgehead atoms. The second-order valence-corrected chi connectivity index (χ2v) is 6.99. The van der Waals surface area contributed by atoms with Crippen LogP contribution in [0, 0.1) is 12.8 Å². The van der Waals surface area contributed by atoms with Crippen molar-refractivity contribution in [3.8, 4) is 0 Å². The molecule has 1 aromatic rings. The molecule has 0 spiro atoms. The fourth-order valence-corrected chi connectivity index (χ4v) is 3.87. The third-order valence-electron chi connectivity index (χ3n) is 5.30. The Morgan fingerprint density at radius 3 is 2.70 bits per heavy atom. The number of aryl methyl sites for hydroxylation is 1. The molecular formula is C17H22N4O2. The molecule has 2 saturated heterocycles. The quantitative estimate of drug-likeness (QED) is 0.846. The van der Waals surface area contributed by atoms with Crippen molar-refractivity contribution in [1.29, 1.82) is 0 Å². The molecule has 3 fully saturated rings. The fraction of sp³-hybridized carbons (Fsp3) is 0.647. The molecule has 1 aromatic heterocycles. The summed E-state index contributed by atoms with van der Waals surface area (Å²) in [7, 11) is 0. The predicted molar refractivity (Wildman–Crippen MR) is 83.7 cm³/mol. The van der Waals surface area contributed by atoms with E-state index in [1.165, 1.54) is 12.8 Å². The Hall–Kier alpha value is -1.98. The van der Waals surface area contributed by atoms with Crippen LogP contribution in [0.4, 0.5) is 0 Å². The van der Waals surface area contributed by atoms with Crippen LogP contribution in [0.15, 0.2) is 12.4 Å². The lowest BCUT2D eigenvalue weighted by atomic mass is 9.95. The lowest BCUT2D eigenvalue weighted by Gasteiger charge is -2.39. The van der Waals surface area contributed by atoms with E-state index in [1.54, 1.807) is 12.4 Å². The van der Waals surface area contributed by atoms with Gasteiger partial charge >= 0.3 is 0 Å². The zero-order valence-corrected chi connectivity index (χ0v) is 13.4. The Balaban J connectivity index is 1.52. The van der Waals surface area contributed by atoms with Crippen LogP contribution in [-0.4, -0.2) is 56.8 Å². The monoisotopic (exact) mass is 314 g/mol. The summed E-state index contributed by atoms with van der Waals surface area (Å²) < 4.78 is 0. The Morgan fingerprint density at radius 1 is 1.17 bits per heavy atom. The van der Waals surface area contributed by atoms with Crippen molar-refractivity contribution in [1.82, 2.24) is 19.8 Å². The molecule has 2 atom stereocenters. The number of carbonyl (C=O) groups excluding carboxylic acids is 2. The summed E-state index contributed by atoms with van der Waals surface area (Å²) in [5, 5.41) is 0. The molecule has 6 heteroatoms. The van der Waals surface area contributed by atoms with Gasteiger partial charge in [-0.15, -0.1) is 0 Å². The van der Waals surface area contributed by atoms with Crippen molar-refractivity contribution in [3.05, 3.63) is 23.8 Å². The second-order valence-electron chi connectivity index (χ2n) is 6.99. The summed E-state index contributed by atoms with van der Waals surface area (Å²) in [5.74, 6) is 0.902. The predicted octanol–water partition coefficient (Wildman–Crippen LogP) is 1.40. The molecular weight excluding hydrogens is 292 g/mol. The minimum atomic E-state index is -0.0503. The number of aromatic nitrogens is 2. The highest BCUT2D eigenvalue weighted by molar-refractivity contribution is 5.92. The Kier molecular flexibility index (Phi) is 3.54. The first-order valence-electron chi connectivity index (χ1n) is 8.52. The third-order valence-corrected chi connectivity index (χ3v) is 5.30. The minimum absolute atomic E-state index is 0.0503. The third kappa shape index (κ3) is 2.71. The zero-order valence-electron chi connectivity index (χ0n) is 13.4. The maximum Gasteiger partial charge on any atom is 0.274 e. The topological polar surface area (TPSA) is 66.4 Å². The molecule has 0 aromatic carbocycles. The highest BCUT2D eigenvalue weighted by Crippen LogP contribution is 2.36. The average Bonchev–Trinajstić information content (AvgIpc) is 3.27. The van der Waals surface area contributed by atoms with E-state index in [-0.39, 0.29) is 23.9 Å². The van der Waals surface area contributed by atoms with Gasteiger partial charge in [0.2, 0.25) is 5.91 Å². The summed E-state index contributed by atoms with van der Waals surface area (Å²) in [5.41, 5.74) is 1.21. The lowest BCUT2D eigenvalue weighted by Crippen LogP contribution is -2.53. The van der Waals surface area contributed by atoms with E-state index in [0.29, 0.717) is 24.6 Å². The molecule has 0 unspecified atom stereocenters. The zero-order chi connectivity index (χ0) is 16.0. The largest absolute Gasteiger partial charge is 0.337 e. The van der Waals surface area contributed by atoms with Crippen molar-refractivity contribution in [2.75, 3.05) is 13.1 Å². The lowest BCUT2D eigenvalue weighted by molar-refractivity contribution is -0.137. The van der Waals surface area contributed by atoms with Crippen LogP contribution < -0.4 is 0 Å². The molecule has 3 heterocycles. The number of nitrogens with zero attached hydrogens (tertiary/aromatic N) is 4. The minimum Gasteiger partial charge on any atom is -0.337 e. The first kappa shape index (κ1) is 14.6. The van der Waals surface area contributed by atoms with Gasteiger partial charge in [-0.25, -0.2) is 4.98 Å². The molecule has 2 aliphatic heterocycles. The van der Waals surface area contributed by atoms with Crippen LogP contribution in [0.2, 0.25) is 0 Å². The molecule has 4 rings (SSSR count). The van der Waals surface area contributed by atoms with Crippen molar-refractivity contribution in [2.24, 2.45) is 5.92 Å². The van der Waals surface area contributed by atoms with E-state index in [0.717, 1.165) is 25.1 Å². The van der Waals surface area contributed by atoms with Crippen LogP contribution in [0.25, 0.3) is 0 Å². The SMILES string of the molecule is Cc1cnc(C(=O)N2CC[C@H]3[C@@H]2CCC(=O)N3CC2CC2)cn1. The van der Waals surface area contributed by atoms with Gasteiger partial charge in [0, 0.05) is 25.7 Å². The van der Waals surface area contributed by atoms with Crippen LogP contribution in [0.1, 0.15) is 48.3 Å². The van der Waals surface area contributed by atoms with Gasteiger partial charge in [-0.05, 0) is 38.5 Å². The Morgan fingerprint density at radius 2 is 2.00 bits per heavy atom. The number of carbonyl (C=O) groups is 2. The maximum absolute atomic E-state index is 12.8. The van der Waals surface area contributed by atoms with Crippen LogP contribution in [0.3, 0.4) is 0 Å². The number of piperidine rings is 1. The van der Waals surface area contributed by atoms with Gasteiger partial charge in [-0.2, -0.15) is 0 Å². The van der Waals surface area contributed by atoms with Crippen LogP contribution in [-0.2, 0) is 4.79 Å². The molecule has 122 valence electrons. The van der Waals surface area contributed by atoms with E-state index in [9.17, 15) is 9.59 Å². The highest BCUT2D eigenvalue weighted by atomic mass is 16.2. The van der Waals surface area contributed by atoms with Crippen molar-refractivity contribution in [3.63, 3.8) is 0 Å². The molecule has 0 N–H and O–H groups in total. The number of fused-ring (bicyclic) bond motifs is 1. The van der Waals surface area contributed by atoms with E-state index < -0.39 is 0 Å². The highest BCUT2D eigenvalue weighted by Gasteiger charge is 2.46. The normalized spacial score (nSPS) is 27.3. The number of hydrogen-bond acceptors (Lipinski definition) is 4. The van der Waals surface area contributed by atoms with Crippen molar-refractivity contribution in [2.45, 2.75) is 51.1 Å². The molecule has 0 radical (unpaired) electrons. The second kappa shape index (κ2) is 5.58. The Labute approximate surface area is 135 Å². The molecule has 3 aliphatic rings. The molecule has 1 saturated carbocycles. The van der Waals surface area contributed by atoms with Crippen LogP contribution in [0.5, 0.6) is 0 Å². The van der Waals surface area contributed by atoms with Gasteiger partial charge in [-0.3, -0.25) is 14.6 Å². The van der Waals surface area contributed by atoms with Crippen molar-refractivity contribution >= 4 is 11.8 Å². The van der Waals surface area contributed by atoms with Gasteiger partial charge in [0.1, 0.15) is 5.69 Å². The summed E-state index contributed by atoms with van der Waals surface area (Å²) in [6.45, 7) is 3.44. The fourth-order valence-electron chi connectivity index (χ4n) is 3.87. The molecule has 23 heavy (non-hydrogen) atoms.